The summed E-state index contributed by atoms with van der Waals surface area (Å²) in [6, 6.07) is 70.3. The first-order valence-corrected chi connectivity index (χ1v) is 18.8. The lowest BCUT2D eigenvalue weighted by Crippen LogP contribution is -1.94. The number of rotatable bonds is 4. The van der Waals surface area contributed by atoms with Gasteiger partial charge in [0.25, 0.3) is 0 Å². The number of aromatic nitrogens is 2. The van der Waals surface area contributed by atoms with Crippen LogP contribution in [0.1, 0.15) is 0 Å². The summed E-state index contributed by atoms with van der Waals surface area (Å²) < 4.78 is 11.2. The van der Waals surface area contributed by atoms with Gasteiger partial charge in [-0.3, -0.25) is 0 Å². The Morgan fingerprint density at radius 1 is 0.309 bits per heavy atom. The molecule has 3 aromatic heterocycles. The van der Waals surface area contributed by atoms with Crippen molar-refractivity contribution >= 4 is 76.3 Å². The Morgan fingerprint density at radius 3 is 1.60 bits per heavy atom. The first-order valence-electron chi connectivity index (χ1n) is 18.8. The van der Waals surface area contributed by atoms with Crippen molar-refractivity contribution in [1.82, 2.24) is 9.13 Å². The summed E-state index contributed by atoms with van der Waals surface area (Å²) in [5.74, 6) is 0. The van der Waals surface area contributed by atoms with Gasteiger partial charge in [0.1, 0.15) is 11.2 Å². The molecule has 0 saturated heterocycles. The minimum absolute atomic E-state index is 0.916. The molecule has 0 fully saturated rings. The largest absolute Gasteiger partial charge is 0.455 e. The van der Waals surface area contributed by atoms with E-state index in [4.69, 9.17) is 4.42 Å². The molecule has 0 N–H and O–H groups in total. The van der Waals surface area contributed by atoms with Gasteiger partial charge in [0.05, 0.1) is 22.1 Å². The van der Waals surface area contributed by atoms with Gasteiger partial charge in [-0.05, 0) is 100 Å². The quantitative estimate of drug-likeness (QED) is 0.179. The number of furan rings is 1. The molecule has 12 rings (SSSR count). The smallest absolute Gasteiger partial charge is 0.143 e. The van der Waals surface area contributed by atoms with Crippen LogP contribution in [0.25, 0.3) is 110 Å². The van der Waals surface area contributed by atoms with Crippen LogP contribution in [0.4, 0.5) is 0 Å². The molecule has 0 bridgehead atoms. The predicted octanol–water partition coefficient (Wildman–Crippen LogP) is 14.3. The van der Waals surface area contributed by atoms with Crippen molar-refractivity contribution in [3.8, 4) is 33.6 Å². The average Bonchev–Trinajstić information content (AvgIpc) is 3.91. The van der Waals surface area contributed by atoms with Crippen molar-refractivity contribution in [2.75, 3.05) is 0 Å². The lowest BCUT2D eigenvalue weighted by molar-refractivity contribution is 0.670. The zero-order valence-corrected chi connectivity index (χ0v) is 29.8. The predicted molar refractivity (Wildman–Crippen MR) is 231 cm³/mol. The number of hydrogen-bond acceptors (Lipinski definition) is 1. The van der Waals surface area contributed by atoms with Gasteiger partial charge in [0.2, 0.25) is 0 Å². The lowest BCUT2D eigenvalue weighted by Gasteiger charge is -2.11. The van der Waals surface area contributed by atoms with Crippen LogP contribution in [0.15, 0.2) is 199 Å². The maximum atomic E-state index is 6.42. The fourth-order valence-electron chi connectivity index (χ4n) is 8.95. The van der Waals surface area contributed by atoms with Crippen LogP contribution in [-0.2, 0) is 0 Å². The highest BCUT2D eigenvalue weighted by Gasteiger charge is 2.17. The van der Waals surface area contributed by atoms with Crippen molar-refractivity contribution in [2.45, 2.75) is 0 Å². The minimum Gasteiger partial charge on any atom is -0.455 e. The summed E-state index contributed by atoms with van der Waals surface area (Å²) >= 11 is 0. The third-order valence-electron chi connectivity index (χ3n) is 11.5. The molecule has 0 unspecified atom stereocenters. The number of fused-ring (bicyclic) bond motifs is 10. The second kappa shape index (κ2) is 11.6. The molecule has 0 aliphatic rings. The highest BCUT2D eigenvalue weighted by Crippen LogP contribution is 2.40. The molecule has 3 nitrogen and oxygen atoms in total. The maximum Gasteiger partial charge on any atom is 0.143 e. The van der Waals surface area contributed by atoms with E-state index in [1.807, 2.05) is 12.1 Å². The first kappa shape index (κ1) is 30.1. The van der Waals surface area contributed by atoms with Crippen molar-refractivity contribution in [1.29, 1.82) is 0 Å². The molecule has 0 aliphatic carbocycles. The van der Waals surface area contributed by atoms with Crippen LogP contribution in [0.2, 0.25) is 0 Å². The van der Waals surface area contributed by atoms with E-state index in [0.717, 1.165) is 38.8 Å². The number of nitrogens with zero attached hydrogens (tertiary/aromatic N) is 2. The molecule has 0 saturated carbocycles. The Kier molecular flexibility index (Phi) is 6.34. The van der Waals surface area contributed by atoms with Crippen LogP contribution in [0, 0.1) is 0 Å². The van der Waals surface area contributed by atoms with Gasteiger partial charge in [0, 0.05) is 49.3 Å². The molecule has 0 amide bonds. The van der Waals surface area contributed by atoms with E-state index in [9.17, 15) is 0 Å². The first-order chi connectivity index (χ1) is 27.3. The number of benzene rings is 9. The van der Waals surface area contributed by atoms with Gasteiger partial charge < -0.3 is 13.6 Å². The molecule has 12 aromatic rings. The maximum absolute atomic E-state index is 6.42. The Hall–Kier alpha value is -7.36. The topological polar surface area (TPSA) is 23.0 Å². The van der Waals surface area contributed by atoms with Crippen LogP contribution >= 0.6 is 0 Å². The monoisotopic (exact) mass is 700 g/mol. The van der Waals surface area contributed by atoms with Crippen LogP contribution in [0.5, 0.6) is 0 Å². The second-order valence-electron chi connectivity index (χ2n) is 14.5. The molecule has 3 heteroatoms. The molecule has 0 radical (unpaired) electrons. The molecule has 0 aliphatic heterocycles. The van der Waals surface area contributed by atoms with Crippen molar-refractivity contribution in [2.24, 2.45) is 0 Å². The van der Waals surface area contributed by atoms with E-state index >= 15 is 0 Å². The standard InChI is InChI=1S/C52H32N2O/c1-2-11-38(12-3-1)53-47-18-7-4-13-41(47)45-31-34(24-27-49(45)53)35-25-28-50-46(32-35)42-14-5-8-19-48(42)54(50)39-26-23-33-21-22-36(29-37(33)30-39)40-16-10-17-44-43-15-6-9-20-51(43)55-52(40)44/h1-32H. The summed E-state index contributed by atoms with van der Waals surface area (Å²) in [5.41, 5.74) is 13.6. The van der Waals surface area contributed by atoms with E-state index < -0.39 is 0 Å². The highest BCUT2D eigenvalue weighted by atomic mass is 16.3. The normalized spacial score (nSPS) is 12.0. The molecular weight excluding hydrogens is 669 g/mol. The highest BCUT2D eigenvalue weighted by molar-refractivity contribution is 6.13. The zero-order chi connectivity index (χ0) is 36.0. The summed E-state index contributed by atoms with van der Waals surface area (Å²) in [5, 5.41) is 9.68. The van der Waals surface area contributed by atoms with Crippen LogP contribution < -0.4 is 0 Å². The Balaban J connectivity index is 0.999. The van der Waals surface area contributed by atoms with E-state index in [2.05, 4.69) is 191 Å². The van der Waals surface area contributed by atoms with Crippen molar-refractivity contribution in [3.05, 3.63) is 194 Å². The fraction of sp³-hybridized carbons (Fsp3) is 0. The van der Waals surface area contributed by atoms with Crippen molar-refractivity contribution < 1.29 is 4.42 Å². The zero-order valence-electron chi connectivity index (χ0n) is 29.8. The SMILES string of the molecule is c1ccc(-n2c3ccccc3c3cc(-c4ccc5c(c4)c4ccccc4n5-c4ccc5ccc(-c6cccc7c6oc6ccccc67)cc5c4)ccc32)cc1. The van der Waals surface area contributed by atoms with E-state index in [1.54, 1.807) is 0 Å². The van der Waals surface area contributed by atoms with Gasteiger partial charge in [0.15, 0.2) is 0 Å². The van der Waals surface area contributed by atoms with Gasteiger partial charge in [-0.2, -0.15) is 0 Å². The summed E-state index contributed by atoms with van der Waals surface area (Å²) in [6.07, 6.45) is 0. The average molecular weight is 701 g/mol. The van der Waals surface area contributed by atoms with Gasteiger partial charge >= 0.3 is 0 Å². The van der Waals surface area contributed by atoms with Gasteiger partial charge in [-0.25, -0.2) is 0 Å². The summed E-state index contributed by atoms with van der Waals surface area (Å²) in [6.45, 7) is 0. The van der Waals surface area contributed by atoms with Gasteiger partial charge in [-0.1, -0.05) is 121 Å². The van der Waals surface area contributed by atoms with Crippen LogP contribution in [0.3, 0.4) is 0 Å². The van der Waals surface area contributed by atoms with E-state index in [-0.39, 0.29) is 0 Å². The Labute approximate surface area is 316 Å². The molecule has 0 atom stereocenters. The molecule has 9 aromatic carbocycles. The van der Waals surface area contributed by atoms with Crippen LogP contribution in [-0.4, -0.2) is 9.13 Å². The third-order valence-corrected chi connectivity index (χ3v) is 11.5. The Morgan fingerprint density at radius 2 is 0.873 bits per heavy atom. The molecule has 3 heterocycles. The van der Waals surface area contributed by atoms with Gasteiger partial charge in [-0.15, -0.1) is 0 Å². The third kappa shape index (κ3) is 4.50. The number of para-hydroxylation sites is 5. The Bertz CT molecular complexity index is 3490. The second-order valence-corrected chi connectivity index (χ2v) is 14.5. The molecular formula is C52H32N2O. The minimum atomic E-state index is 0.916. The molecule has 256 valence electrons. The summed E-state index contributed by atoms with van der Waals surface area (Å²) in [7, 11) is 0. The number of hydrogen-bond donors (Lipinski definition) is 0. The van der Waals surface area contributed by atoms with Crippen molar-refractivity contribution in [3.63, 3.8) is 0 Å². The van der Waals surface area contributed by atoms with E-state index in [1.165, 1.54) is 71.2 Å². The van der Waals surface area contributed by atoms with E-state index in [0.29, 0.717) is 0 Å². The molecule has 55 heavy (non-hydrogen) atoms. The molecule has 0 spiro atoms. The fourth-order valence-corrected chi connectivity index (χ4v) is 8.95. The lowest BCUT2D eigenvalue weighted by atomic mass is 9.99. The summed E-state index contributed by atoms with van der Waals surface area (Å²) in [4.78, 5) is 0.